The third-order valence-electron chi connectivity index (χ3n) is 3.73. The van der Waals surface area contributed by atoms with Gasteiger partial charge in [0.05, 0.1) is 17.4 Å². The smallest absolute Gasteiger partial charge is 0.111 e. The van der Waals surface area contributed by atoms with Crippen LogP contribution in [0.4, 0.5) is 0 Å². The average Bonchev–Trinajstić information content (AvgIpc) is 2.24. The first-order valence-corrected chi connectivity index (χ1v) is 7.92. The van der Waals surface area contributed by atoms with Gasteiger partial charge in [0.2, 0.25) is 0 Å². The third kappa shape index (κ3) is 2.38. The highest BCUT2D eigenvalue weighted by atomic mass is 32.2. The zero-order valence-corrected chi connectivity index (χ0v) is 13.0. The van der Waals surface area contributed by atoms with E-state index < -0.39 is 11.0 Å². The lowest BCUT2D eigenvalue weighted by Crippen LogP contribution is -2.78. The molecule has 0 radical (unpaired) electrons. The minimum absolute atomic E-state index is 0.118. The van der Waals surface area contributed by atoms with Gasteiger partial charge in [-0.1, -0.05) is 13.8 Å². The molecule has 0 amide bonds. The second-order valence-electron chi connectivity index (χ2n) is 6.72. The number of morpholine rings is 1. The lowest BCUT2D eigenvalue weighted by molar-refractivity contribution is -0.180. The minimum Gasteiger partial charge on any atom is -0.369 e. The predicted molar refractivity (Wildman–Crippen MR) is 74.8 cm³/mol. The van der Waals surface area contributed by atoms with E-state index in [1.165, 1.54) is 0 Å². The molecule has 3 unspecified atom stereocenters. The van der Waals surface area contributed by atoms with Crippen LogP contribution in [-0.4, -0.2) is 51.1 Å². The van der Waals surface area contributed by atoms with Crippen molar-refractivity contribution in [2.45, 2.75) is 51.0 Å². The van der Waals surface area contributed by atoms with Gasteiger partial charge in [0.1, 0.15) is 16.6 Å². The Kier molecular flexibility index (Phi) is 3.89. The topological polar surface area (TPSA) is 41.6 Å². The Morgan fingerprint density at radius 1 is 1.44 bits per heavy atom. The summed E-state index contributed by atoms with van der Waals surface area (Å²) >= 11 is 0. The molecule has 0 bridgehead atoms. The Morgan fingerprint density at radius 3 is 2.56 bits per heavy atom. The van der Waals surface area contributed by atoms with Crippen molar-refractivity contribution in [1.82, 2.24) is 9.62 Å². The third-order valence-corrected chi connectivity index (χ3v) is 5.56. The normalized spacial score (nSPS) is 35.8. The van der Waals surface area contributed by atoms with Gasteiger partial charge in [0.15, 0.2) is 0 Å². The molecule has 1 N–H and O–H groups in total. The van der Waals surface area contributed by atoms with Gasteiger partial charge in [-0.3, -0.25) is 0 Å². The van der Waals surface area contributed by atoms with Crippen LogP contribution in [0.5, 0.6) is 0 Å². The summed E-state index contributed by atoms with van der Waals surface area (Å²) in [4.78, 5) is 0. The lowest BCUT2D eigenvalue weighted by Gasteiger charge is -2.60. The first kappa shape index (κ1) is 14.4. The zero-order chi connectivity index (χ0) is 13.6. The molecule has 1 spiro atoms. The van der Waals surface area contributed by atoms with Gasteiger partial charge in [-0.25, -0.2) is 8.51 Å². The number of hydrogen-bond donors (Lipinski definition) is 1. The molecular weight excluding hydrogens is 248 g/mol. The highest BCUT2D eigenvalue weighted by Gasteiger charge is 2.58. The first-order chi connectivity index (χ1) is 8.28. The minimum atomic E-state index is -0.948. The number of hydrogen-bond acceptors (Lipinski definition) is 3. The maximum absolute atomic E-state index is 12.5. The van der Waals surface area contributed by atoms with E-state index in [0.29, 0.717) is 5.92 Å². The SMILES string of the molecule is CC(C)C1N(S(=O)C(C)(C)C)CC12CNCCO2. The van der Waals surface area contributed by atoms with Crippen LogP contribution in [0.3, 0.4) is 0 Å². The van der Waals surface area contributed by atoms with E-state index in [0.717, 1.165) is 26.2 Å². The summed E-state index contributed by atoms with van der Waals surface area (Å²) in [6, 6.07) is 0.255. The molecule has 2 fully saturated rings. The number of nitrogens with zero attached hydrogens (tertiary/aromatic N) is 1. The van der Waals surface area contributed by atoms with Crippen molar-refractivity contribution in [3.63, 3.8) is 0 Å². The largest absolute Gasteiger partial charge is 0.369 e. The van der Waals surface area contributed by atoms with Crippen LogP contribution < -0.4 is 5.32 Å². The molecule has 2 rings (SSSR count). The van der Waals surface area contributed by atoms with Gasteiger partial charge in [-0.15, -0.1) is 0 Å². The maximum atomic E-state index is 12.5. The van der Waals surface area contributed by atoms with Crippen LogP contribution in [0.2, 0.25) is 0 Å². The standard InChI is InChI=1S/C13H26N2O2S/c1-10(2)11-13(8-14-6-7-17-13)9-15(11)18(16)12(3,4)5/h10-11,14H,6-9H2,1-5H3. The van der Waals surface area contributed by atoms with E-state index in [-0.39, 0.29) is 16.4 Å². The van der Waals surface area contributed by atoms with Gasteiger partial charge < -0.3 is 10.1 Å². The van der Waals surface area contributed by atoms with Crippen molar-refractivity contribution < 1.29 is 8.95 Å². The average molecular weight is 274 g/mol. The van der Waals surface area contributed by atoms with Gasteiger partial charge in [-0.05, 0) is 26.7 Å². The maximum Gasteiger partial charge on any atom is 0.111 e. The van der Waals surface area contributed by atoms with Crippen LogP contribution in [-0.2, 0) is 15.7 Å². The van der Waals surface area contributed by atoms with Crippen molar-refractivity contribution >= 4 is 11.0 Å². The molecule has 2 heterocycles. The molecule has 0 saturated carbocycles. The Morgan fingerprint density at radius 2 is 2.11 bits per heavy atom. The van der Waals surface area contributed by atoms with E-state index in [2.05, 4.69) is 23.5 Å². The first-order valence-electron chi connectivity index (χ1n) is 6.81. The fourth-order valence-corrected chi connectivity index (χ4v) is 4.71. The van der Waals surface area contributed by atoms with Crippen LogP contribution in [0.25, 0.3) is 0 Å². The van der Waals surface area contributed by atoms with E-state index in [1.807, 2.05) is 20.8 Å². The quantitative estimate of drug-likeness (QED) is 0.821. The van der Waals surface area contributed by atoms with Crippen LogP contribution >= 0.6 is 0 Å². The Bertz CT molecular complexity index is 332. The van der Waals surface area contributed by atoms with Gasteiger partial charge >= 0.3 is 0 Å². The summed E-state index contributed by atoms with van der Waals surface area (Å²) < 4.78 is 20.5. The van der Waals surface area contributed by atoms with Crippen LogP contribution in [0.1, 0.15) is 34.6 Å². The predicted octanol–water partition coefficient (Wildman–Crippen LogP) is 1.15. The highest BCUT2D eigenvalue weighted by molar-refractivity contribution is 7.84. The summed E-state index contributed by atoms with van der Waals surface area (Å²) in [5.41, 5.74) is -0.118. The van der Waals surface area contributed by atoms with E-state index >= 15 is 0 Å². The van der Waals surface area contributed by atoms with Crippen molar-refractivity contribution in [1.29, 1.82) is 0 Å². The molecule has 106 valence electrons. The van der Waals surface area contributed by atoms with Crippen molar-refractivity contribution in [3.8, 4) is 0 Å². The Labute approximate surface area is 113 Å². The molecule has 2 aliphatic heterocycles. The molecule has 0 aromatic rings. The molecule has 0 aliphatic carbocycles. The van der Waals surface area contributed by atoms with Crippen molar-refractivity contribution in [3.05, 3.63) is 0 Å². The summed E-state index contributed by atoms with van der Waals surface area (Å²) in [6.07, 6.45) is 0. The fourth-order valence-electron chi connectivity index (χ4n) is 3.03. The van der Waals surface area contributed by atoms with Crippen molar-refractivity contribution in [2.24, 2.45) is 5.92 Å². The number of ether oxygens (including phenoxy) is 1. The summed E-state index contributed by atoms with van der Waals surface area (Å²) in [5, 5.41) is 3.41. The molecule has 2 aliphatic rings. The Balaban J connectivity index is 2.14. The molecular formula is C13H26N2O2S. The second-order valence-corrected chi connectivity index (χ2v) is 8.91. The van der Waals surface area contributed by atoms with Crippen molar-refractivity contribution in [2.75, 3.05) is 26.2 Å². The summed E-state index contributed by atoms with van der Waals surface area (Å²) in [5.74, 6) is 0.449. The van der Waals surface area contributed by atoms with E-state index in [4.69, 9.17) is 4.74 Å². The zero-order valence-electron chi connectivity index (χ0n) is 12.2. The summed E-state index contributed by atoms with van der Waals surface area (Å²) in [7, 11) is -0.948. The fraction of sp³-hybridized carbons (Fsp3) is 1.00. The van der Waals surface area contributed by atoms with E-state index in [9.17, 15) is 4.21 Å². The van der Waals surface area contributed by atoms with Gasteiger partial charge in [0, 0.05) is 19.6 Å². The molecule has 3 atom stereocenters. The molecule has 5 heteroatoms. The molecule has 4 nitrogen and oxygen atoms in total. The molecule has 0 aromatic heterocycles. The highest BCUT2D eigenvalue weighted by Crippen LogP contribution is 2.41. The Hall–Kier alpha value is 0.0300. The van der Waals surface area contributed by atoms with Gasteiger partial charge in [0.25, 0.3) is 0 Å². The molecule has 2 saturated heterocycles. The van der Waals surface area contributed by atoms with Crippen LogP contribution in [0.15, 0.2) is 0 Å². The van der Waals surface area contributed by atoms with Crippen LogP contribution in [0, 0.1) is 5.92 Å². The van der Waals surface area contributed by atoms with E-state index in [1.54, 1.807) is 0 Å². The van der Waals surface area contributed by atoms with Gasteiger partial charge in [-0.2, -0.15) is 0 Å². The monoisotopic (exact) mass is 274 g/mol. The second kappa shape index (κ2) is 4.85. The molecule has 0 aromatic carbocycles. The number of rotatable bonds is 2. The number of nitrogens with one attached hydrogen (secondary N) is 1. The molecule has 18 heavy (non-hydrogen) atoms. The summed E-state index contributed by atoms with van der Waals surface area (Å²) in [6.45, 7) is 13.8. The lowest BCUT2D eigenvalue weighted by atomic mass is 9.78.